The third kappa shape index (κ3) is 3.74. The summed E-state index contributed by atoms with van der Waals surface area (Å²) in [6, 6.07) is -0.943. The summed E-state index contributed by atoms with van der Waals surface area (Å²) in [5, 5.41) is 18.3. The van der Waals surface area contributed by atoms with Gasteiger partial charge in [-0.1, -0.05) is 0 Å². The second-order valence-electron chi connectivity index (χ2n) is 5.85. The Hall–Kier alpha value is -0.700. The first-order valence-electron chi connectivity index (χ1n) is 7.57. The summed E-state index contributed by atoms with van der Waals surface area (Å²) in [6.07, 6.45) is 4.09. The number of carbonyl (C=O) groups is 1. The van der Waals surface area contributed by atoms with Crippen molar-refractivity contribution in [1.29, 1.82) is 0 Å². The molecule has 0 aliphatic carbocycles. The summed E-state index contributed by atoms with van der Waals surface area (Å²) in [5.74, 6) is -0.909. The van der Waals surface area contributed by atoms with E-state index < -0.39 is 22.2 Å². The summed E-state index contributed by atoms with van der Waals surface area (Å²) in [5.41, 5.74) is 0. The van der Waals surface area contributed by atoms with Gasteiger partial charge in [-0.3, -0.25) is 4.79 Å². The Morgan fingerprint density at radius 3 is 2.57 bits per heavy atom. The fourth-order valence-corrected chi connectivity index (χ4v) is 5.16. The molecule has 0 aromatic carbocycles. The van der Waals surface area contributed by atoms with Gasteiger partial charge in [0.05, 0.1) is 0 Å². The molecule has 2 heterocycles. The van der Waals surface area contributed by atoms with Crippen LogP contribution in [0.25, 0.3) is 0 Å². The normalized spacial score (nSPS) is 29.4. The van der Waals surface area contributed by atoms with Crippen LogP contribution in [-0.2, 0) is 15.0 Å². The minimum atomic E-state index is -3.73. The van der Waals surface area contributed by atoms with Crippen molar-refractivity contribution in [3.8, 4) is 0 Å². The van der Waals surface area contributed by atoms with Crippen molar-refractivity contribution in [3.05, 3.63) is 0 Å². The average Bonchev–Trinajstić information content (AvgIpc) is 2.48. The first-order chi connectivity index (χ1) is 9.96. The first-order valence-corrected chi connectivity index (χ1v) is 8.97. The molecule has 0 radical (unpaired) electrons. The predicted molar refractivity (Wildman–Crippen MR) is 76.9 cm³/mol. The summed E-state index contributed by atoms with van der Waals surface area (Å²) >= 11 is 0. The van der Waals surface area contributed by atoms with Crippen molar-refractivity contribution < 1.29 is 23.4 Å². The molecule has 0 saturated carbocycles. The highest BCUT2D eigenvalue weighted by atomic mass is 32.2. The molecule has 7 nitrogen and oxygen atoms in total. The quantitative estimate of drug-likeness (QED) is 0.757. The van der Waals surface area contributed by atoms with Crippen LogP contribution >= 0.6 is 0 Å². The number of nitrogens with zero attached hydrogens (tertiary/aromatic N) is 2. The van der Waals surface area contributed by atoms with Crippen molar-refractivity contribution >= 4 is 16.2 Å². The molecule has 2 aliphatic heterocycles. The van der Waals surface area contributed by atoms with Gasteiger partial charge in [0.15, 0.2) is 0 Å². The maximum absolute atomic E-state index is 12.7. The van der Waals surface area contributed by atoms with Crippen LogP contribution in [-0.4, -0.2) is 65.5 Å². The number of carboxylic acid groups (broad SMARTS) is 1. The second kappa shape index (κ2) is 7.04. The topological polar surface area (TPSA) is 98.2 Å². The lowest BCUT2D eigenvalue weighted by Crippen LogP contribution is -2.55. The number of aliphatic hydroxyl groups is 1. The van der Waals surface area contributed by atoms with Crippen LogP contribution in [0.3, 0.4) is 0 Å². The Labute approximate surface area is 125 Å². The van der Waals surface area contributed by atoms with Crippen molar-refractivity contribution in [1.82, 2.24) is 8.61 Å². The van der Waals surface area contributed by atoms with Crippen molar-refractivity contribution in [2.45, 2.75) is 44.6 Å². The summed E-state index contributed by atoms with van der Waals surface area (Å²) in [7, 11) is -3.73. The molecule has 0 amide bonds. The third-order valence-electron chi connectivity index (χ3n) is 4.38. The van der Waals surface area contributed by atoms with Crippen LogP contribution in [0.2, 0.25) is 0 Å². The number of aliphatic hydroxyl groups excluding tert-OH is 1. The van der Waals surface area contributed by atoms with E-state index >= 15 is 0 Å². The van der Waals surface area contributed by atoms with Gasteiger partial charge in [-0.25, -0.2) is 0 Å². The molecular weight excluding hydrogens is 296 g/mol. The monoisotopic (exact) mass is 320 g/mol. The molecule has 2 fully saturated rings. The van der Waals surface area contributed by atoms with Crippen LogP contribution in [0.1, 0.15) is 38.5 Å². The molecule has 8 heteroatoms. The number of aliphatic carboxylic acids is 1. The predicted octanol–water partition coefficient (Wildman–Crippen LogP) is 0.265. The Bertz CT molecular complexity index is 465. The number of piperidine rings is 2. The highest BCUT2D eigenvalue weighted by molar-refractivity contribution is 7.86. The average molecular weight is 320 g/mol. The van der Waals surface area contributed by atoms with Gasteiger partial charge in [0, 0.05) is 26.2 Å². The molecule has 2 rings (SSSR count). The molecule has 2 saturated heterocycles. The molecule has 0 aromatic heterocycles. The lowest BCUT2D eigenvalue weighted by molar-refractivity contribution is -0.142. The molecule has 0 spiro atoms. The van der Waals surface area contributed by atoms with Crippen molar-refractivity contribution in [2.75, 3.05) is 26.2 Å². The van der Waals surface area contributed by atoms with E-state index in [1.54, 1.807) is 0 Å². The van der Waals surface area contributed by atoms with Crippen LogP contribution in [0.15, 0.2) is 0 Å². The molecule has 2 atom stereocenters. The largest absolute Gasteiger partial charge is 0.480 e. The standard InChI is InChI=1S/C13H24N2O5S/c16-9-6-11-4-3-7-14(10-11)21(19,20)15-8-2-1-5-12(15)13(17)18/h11-12,16H,1-10H2,(H,17,18). The lowest BCUT2D eigenvalue weighted by Gasteiger charge is -2.39. The molecule has 2 aliphatic rings. The maximum Gasteiger partial charge on any atom is 0.322 e. The van der Waals surface area contributed by atoms with Gasteiger partial charge in [0.1, 0.15) is 6.04 Å². The Morgan fingerprint density at radius 2 is 1.90 bits per heavy atom. The number of carboxylic acids is 1. The Kier molecular flexibility index (Phi) is 5.59. The van der Waals surface area contributed by atoms with Crippen LogP contribution in [0.4, 0.5) is 0 Å². The van der Waals surface area contributed by atoms with Gasteiger partial charge in [-0.15, -0.1) is 0 Å². The zero-order chi connectivity index (χ0) is 15.5. The summed E-state index contributed by atoms with van der Waals surface area (Å²) in [4.78, 5) is 11.3. The Morgan fingerprint density at radius 1 is 1.14 bits per heavy atom. The van der Waals surface area contributed by atoms with E-state index in [0.29, 0.717) is 32.4 Å². The number of rotatable bonds is 5. The van der Waals surface area contributed by atoms with E-state index in [4.69, 9.17) is 5.11 Å². The second-order valence-corrected chi connectivity index (χ2v) is 7.73. The molecule has 0 aromatic rings. The fraction of sp³-hybridized carbons (Fsp3) is 0.923. The van der Waals surface area contributed by atoms with E-state index in [9.17, 15) is 18.3 Å². The van der Waals surface area contributed by atoms with E-state index in [0.717, 1.165) is 23.6 Å². The zero-order valence-electron chi connectivity index (χ0n) is 12.1. The van der Waals surface area contributed by atoms with Crippen molar-refractivity contribution in [3.63, 3.8) is 0 Å². The molecular formula is C13H24N2O5S. The van der Waals surface area contributed by atoms with Gasteiger partial charge in [0.25, 0.3) is 10.2 Å². The summed E-state index contributed by atoms with van der Waals surface area (Å²) in [6.45, 7) is 1.15. The molecule has 122 valence electrons. The Balaban J connectivity index is 2.13. The van der Waals surface area contributed by atoms with E-state index in [1.165, 1.54) is 4.31 Å². The highest BCUT2D eigenvalue weighted by Gasteiger charge is 2.41. The highest BCUT2D eigenvalue weighted by Crippen LogP contribution is 2.27. The number of hydrogen-bond donors (Lipinski definition) is 2. The van der Waals surface area contributed by atoms with Crippen LogP contribution in [0.5, 0.6) is 0 Å². The maximum atomic E-state index is 12.7. The van der Waals surface area contributed by atoms with Gasteiger partial charge in [-0.05, 0) is 44.4 Å². The fourth-order valence-electron chi connectivity index (χ4n) is 3.23. The smallest absolute Gasteiger partial charge is 0.322 e. The molecule has 0 bridgehead atoms. The third-order valence-corrected chi connectivity index (χ3v) is 6.39. The summed E-state index contributed by atoms with van der Waals surface area (Å²) < 4.78 is 28.0. The molecule has 21 heavy (non-hydrogen) atoms. The van der Waals surface area contributed by atoms with E-state index in [-0.39, 0.29) is 19.1 Å². The first kappa shape index (κ1) is 16.7. The van der Waals surface area contributed by atoms with Gasteiger partial charge in [0.2, 0.25) is 0 Å². The van der Waals surface area contributed by atoms with Gasteiger partial charge >= 0.3 is 5.97 Å². The van der Waals surface area contributed by atoms with Gasteiger partial charge < -0.3 is 10.2 Å². The van der Waals surface area contributed by atoms with Gasteiger partial charge in [-0.2, -0.15) is 17.0 Å². The molecule has 2 unspecified atom stereocenters. The van der Waals surface area contributed by atoms with E-state index in [2.05, 4.69) is 0 Å². The number of hydrogen-bond acceptors (Lipinski definition) is 4. The van der Waals surface area contributed by atoms with Crippen molar-refractivity contribution in [2.24, 2.45) is 5.92 Å². The minimum absolute atomic E-state index is 0.0556. The zero-order valence-corrected chi connectivity index (χ0v) is 13.0. The van der Waals surface area contributed by atoms with E-state index in [1.807, 2.05) is 0 Å². The molecule has 2 N–H and O–H groups in total. The van der Waals surface area contributed by atoms with Crippen LogP contribution < -0.4 is 0 Å². The lowest BCUT2D eigenvalue weighted by atomic mass is 9.97. The minimum Gasteiger partial charge on any atom is -0.480 e. The SMILES string of the molecule is O=C(O)C1CCCCN1S(=O)(=O)N1CCCC(CCO)C1. The van der Waals surface area contributed by atoms with Crippen LogP contribution in [0, 0.1) is 5.92 Å².